The van der Waals surface area contributed by atoms with Gasteiger partial charge in [0, 0.05) is 18.3 Å². The zero-order chi connectivity index (χ0) is 14.7. The van der Waals surface area contributed by atoms with Crippen molar-refractivity contribution in [1.29, 1.82) is 5.26 Å². The lowest BCUT2D eigenvalue weighted by Crippen LogP contribution is -2.17. The Balaban J connectivity index is 2.10. The van der Waals surface area contributed by atoms with Gasteiger partial charge in [-0.3, -0.25) is 4.79 Å². The summed E-state index contributed by atoms with van der Waals surface area (Å²) in [6, 6.07) is 5.39. The Labute approximate surface area is 116 Å². The van der Waals surface area contributed by atoms with E-state index in [0.717, 1.165) is 11.3 Å². The van der Waals surface area contributed by atoms with Crippen molar-refractivity contribution in [1.82, 2.24) is 9.99 Å². The predicted octanol–water partition coefficient (Wildman–Crippen LogP) is 1.87. The molecular weight excluding hydrogens is 256 g/mol. The maximum atomic E-state index is 11.8. The minimum absolute atomic E-state index is 0.332. The van der Waals surface area contributed by atoms with Crippen LogP contribution in [0.3, 0.4) is 0 Å². The monoisotopic (exact) mass is 270 g/mol. The highest BCUT2D eigenvalue weighted by Crippen LogP contribution is 2.11. The molecule has 0 fully saturated rings. The number of nitriles is 1. The highest BCUT2D eigenvalue weighted by atomic mass is 16.3. The van der Waals surface area contributed by atoms with Crippen LogP contribution in [0.25, 0.3) is 0 Å². The fourth-order valence-electron chi connectivity index (χ4n) is 1.80. The molecule has 0 bridgehead atoms. The van der Waals surface area contributed by atoms with Crippen LogP contribution in [0.1, 0.15) is 33.1 Å². The van der Waals surface area contributed by atoms with Crippen molar-refractivity contribution in [3.8, 4) is 6.07 Å². The van der Waals surface area contributed by atoms with Gasteiger partial charge in [0.05, 0.1) is 18.0 Å². The van der Waals surface area contributed by atoms with Crippen LogP contribution >= 0.6 is 0 Å². The molecule has 6 heteroatoms. The Hall–Kier alpha value is -2.81. The molecule has 0 saturated carbocycles. The van der Waals surface area contributed by atoms with Gasteiger partial charge in [0.2, 0.25) is 0 Å². The molecule has 2 heterocycles. The van der Waals surface area contributed by atoms with Gasteiger partial charge in [0.15, 0.2) is 0 Å². The Bertz CT molecular complexity index is 716. The van der Waals surface area contributed by atoms with Gasteiger partial charge in [-0.2, -0.15) is 10.4 Å². The van der Waals surface area contributed by atoms with Crippen molar-refractivity contribution in [2.45, 2.75) is 13.8 Å². The number of nitrogens with zero attached hydrogens (tertiary/aromatic N) is 3. The smallest absolute Gasteiger partial charge is 0.274 e. The van der Waals surface area contributed by atoms with Crippen LogP contribution in [0.5, 0.6) is 0 Å². The summed E-state index contributed by atoms with van der Waals surface area (Å²) >= 11 is 0. The molecule has 0 unspecified atom stereocenters. The molecule has 2 rings (SSSR count). The number of rotatable bonds is 3. The van der Waals surface area contributed by atoms with Crippen molar-refractivity contribution in [2.24, 2.45) is 12.1 Å². The second kappa shape index (κ2) is 5.45. The van der Waals surface area contributed by atoms with E-state index in [9.17, 15) is 4.79 Å². The normalized spacial score (nSPS) is 10.7. The largest absolute Gasteiger partial charge is 0.469 e. The maximum absolute atomic E-state index is 11.8. The number of aryl methyl sites for hydroxylation is 1. The van der Waals surface area contributed by atoms with Crippen molar-refractivity contribution in [3.05, 3.63) is 46.7 Å². The van der Waals surface area contributed by atoms with Gasteiger partial charge in [0.1, 0.15) is 17.5 Å². The molecule has 2 aromatic heterocycles. The zero-order valence-corrected chi connectivity index (χ0v) is 11.5. The molecule has 0 aliphatic rings. The summed E-state index contributed by atoms with van der Waals surface area (Å²) in [5, 5.41) is 12.8. The van der Waals surface area contributed by atoms with Crippen LogP contribution in [0.2, 0.25) is 0 Å². The van der Waals surface area contributed by atoms with Gasteiger partial charge < -0.3 is 8.98 Å². The summed E-state index contributed by atoms with van der Waals surface area (Å²) in [4.78, 5) is 11.8. The Morgan fingerprint density at radius 2 is 2.30 bits per heavy atom. The molecule has 2 aromatic rings. The molecule has 102 valence electrons. The number of hydrogen-bond donors (Lipinski definition) is 1. The zero-order valence-electron chi connectivity index (χ0n) is 11.5. The van der Waals surface area contributed by atoms with Crippen LogP contribution in [-0.4, -0.2) is 16.7 Å². The van der Waals surface area contributed by atoms with Crippen LogP contribution in [0.4, 0.5) is 0 Å². The number of hydrogen-bond acceptors (Lipinski definition) is 4. The number of carbonyl (C=O) groups is 1. The minimum atomic E-state index is -0.332. The molecule has 0 spiro atoms. The van der Waals surface area contributed by atoms with E-state index >= 15 is 0 Å². The lowest BCUT2D eigenvalue weighted by atomic mass is 10.2. The van der Waals surface area contributed by atoms with Crippen molar-refractivity contribution in [2.75, 3.05) is 0 Å². The van der Waals surface area contributed by atoms with Crippen molar-refractivity contribution >= 4 is 12.1 Å². The van der Waals surface area contributed by atoms with E-state index in [-0.39, 0.29) is 5.91 Å². The molecule has 0 radical (unpaired) electrons. The van der Waals surface area contributed by atoms with Gasteiger partial charge in [-0.15, -0.1) is 0 Å². The highest BCUT2D eigenvalue weighted by molar-refractivity contribution is 5.95. The second-order valence-electron chi connectivity index (χ2n) is 4.33. The summed E-state index contributed by atoms with van der Waals surface area (Å²) < 4.78 is 6.82. The lowest BCUT2D eigenvalue weighted by Gasteiger charge is -1.98. The summed E-state index contributed by atoms with van der Waals surface area (Å²) in [5.74, 6) is 0.210. The lowest BCUT2D eigenvalue weighted by molar-refractivity contribution is 0.0953. The molecule has 0 aromatic carbocycles. The van der Waals surface area contributed by atoms with E-state index in [1.54, 1.807) is 30.7 Å². The van der Waals surface area contributed by atoms with Gasteiger partial charge in [0.25, 0.3) is 5.91 Å². The summed E-state index contributed by atoms with van der Waals surface area (Å²) in [7, 11) is 1.80. The van der Waals surface area contributed by atoms with E-state index in [0.29, 0.717) is 17.0 Å². The molecule has 20 heavy (non-hydrogen) atoms. The van der Waals surface area contributed by atoms with Gasteiger partial charge in [-0.1, -0.05) is 0 Å². The molecule has 1 amide bonds. The number of carbonyl (C=O) groups excluding carboxylic acids is 1. The summed E-state index contributed by atoms with van der Waals surface area (Å²) in [6.45, 7) is 3.59. The quantitative estimate of drug-likeness (QED) is 0.682. The third kappa shape index (κ3) is 2.47. The van der Waals surface area contributed by atoms with Crippen LogP contribution < -0.4 is 5.43 Å². The number of nitrogens with one attached hydrogen (secondary N) is 1. The van der Waals surface area contributed by atoms with E-state index < -0.39 is 0 Å². The summed E-state index contributed by atoms with van der Waals surface area (Å²) in [5.41, 5.74) is 5.11. The molecule has 0 atom stereocenters. The van der Waals surface area contributed by atoms with Gasteiger partial charge in [-0.25, -0.2) is 5.43 Å². The van der Waals surface area contributed by atoms with Crippen LogP contribution in [0.15, 0.2) is 27.9 Å². The fourth-order valence-corrected chi connectivity index (χ4v) is 1.80. The standard InChI is InChI=1S/C14H14N4O2/c1-9-11(6-12(7-15)18(9)3)8-16-17-14(19)13-4-5-20-10(13)2/h4-6,8H,1-3H3,(H,17,19)/b16-8-. The van der Waals surface area contributed by atoms with Gasteiger partial charge >= 0.3 is 0 Å². The average molecular weight is 270 g/mol. The third-order valence-electron chi connectivity index (χ3n) is 3.16. The molecule has 0 aliphatic carbocycles. The predicted molar refractivity (Wildman–Crippen MR) is 73.4 cm³/mol. The average Bonchev–Trinajstić information content (AvgIpc) is 2.97. The first-order chi connectivity index (χ1) is 9.54. The Morgan fingerprint density at radius 1 is 1.55 bits per heavy atom. The first-order valence-electron chi connectivity index (χ1n) is 5.98. The number of hydrazone groups is 1. The number of aromatic nitrogens is 1. The fraction of sp³-hybridized carbons (Fsp3) is 0.214. The highest BCUT2D eigenvalue weighted by Gasteiger charge is 2.10. The topological polar surface area (TPSA) is 83.3 Å². The Kier molecular flexibility index (Phi) is 3.71. The second-order valence-corrected chi connectivity index (χ2v) is 4.33. The minimum Gasteiger partial charge on any atom is -0.469 e. The SMILES string of the molecule is Cc1occc1C(=O)N/N=C\c1cc(C#N)n(C)c1C. The summed E-state index contributed by atoms with van der Waals surface area (Å²) in [6.07, 6.45) is 2.97. The van der Waals surface area contributed by atoms with Crippen LogP contribution in [-0.2, 0) is 7.05 Å². The molecule has 0 aliphatic heterocycles. The Morgan fingerprint density at radius 3 is 2.85 bits per heavy atom. The van der Waals surface area contributed by atoms with Crippen molar-refractivity contribution < 1.29 is 9.21 Å². The molecule has 1 N–H and O–H groups in total. The number of furan rings is 1. The van der Waals surface area contributed by atoms with Gasteiger partial charge in [-0.05, 0) is 26.0 Å². The van der Waals surface area contributed by atoms with E-state index in [4.69, 9.17) is 9.68 Å². The van der Waals surface area contributed by atoms with Crippen molar-refractivity contribution in [3.63, 3.8) is 0 Å². The molecule has 6 nitrogen and oxygen atoms in total. The van der Waals surface area contributed by atoms with E-state index in [2.05, 4.69) is 16.6 Å². The first-order valence-corrected chi connectivity index (χ1v) is 5.98. The van der Waals surface area contributed by atoms with E-state index in [1.807, 2.05) is 6.92 Å². The van der Waals surface area contributed by atoms with E-state index in [1.165, 1.54) is 12.5 Å². The first kappa shape index (κ1) is 13.6. The maximum Gasteiger partial charge on any atom is 0.274 e. The third-order valence-corrected chi connectivity index (χ3v) is 3.16. The molecular formula is C14H14N4O2. The van der Waals surface area contributed by atoms with Crippen LogP contribution in [0, 0.1) is 25.2 Å². The molecule has 0 saturated heterocycles. The number of amides is 1.